The van der Waals surface area contributed by atoms with E-state index in [0.29, 0.717) is 18.8 Å². The number of nitrogens with one attached hydrogen (secondary N) is 1. The fourth-order valence-electron chi connectivity index (χ4n) is 3.01. The van der Waals surface area contributed by atoms with Gasteiger partial charge < -0.3 is 9.32 Å². The minimum atomic E-state index is 0.0000913. The number of hydrogen-bond donors (Lipinski definition) is 1. The van der Waals surface area contributed by atoms with E-state index in [4.69, 9.17) is 4.42 Å². The van der Waals surface area contributed by atoms with Crippen LogP contribution in [0.15, 0.2) is 47.1 Å². The molecule has 3 aromatic rings. The number of benzene rings is 1. The molecule has 0 aliphatic carbocycles. The van der Waals surface area contributed by atoms with Crippen molar-refractivity contribution in [3.8, 4) is 0 Å². The van der Waals surface area contributed by atoms with E-state index in [2.05, 4.69) is 15.1 Å². The third-order valence-electron chi connectivity index (χ3n) is 4.29. The van der Waals surface area contributed by atoms with Crippen molar-refractivity contribution in [2.45, 2.75) is 6.54 Å². The summed E-state index contributed by atoms with van der Waals surface area (Å²) >= 11 is 0. The van der Waals surface area contributed by atoms with E-state index in [9.17, 15) is 4.79 Å². The molecule has 1 aromatic carbocycles. The average molecular weight is 310 g/mol. The second-order valence-corrected chi connectivity index (χ2v) is 5.77. The Balaban J connectivity index is 1.43. The molecule has 1 amide bonds. The van der Waals surface area contributed by atoms with E-state index in [1.54, 1.807) is 6.26 Å². The first-order valence-electron chi connectivity index (χ1n) is 7.78. The van der Waals surface area contributed by atoms with Gasteiger partial charge in [-0.2, -0.15) is 5.10 Å². The molecule has 4 rings (SSSR count). The summed E-state index contributed by atoms with van der Waals surface area (Å²) in [7, 11) is 0. The van der Waals surface area contributed by atoms with Gasteiger partial charge in [0.25, 0.3) is 5.91 Å². The maximum Gasteiger partial charge on any atom is 0.275 e. The van der Waals surface area contributed by atoms with Crippen LogP contribution in [-0.2, 0) is 6.54 Å². The SMILES string of the molecule is O=C(c1n[nH]c2ccccc12)N1CCN(Cc2ccco2)CC1. The summed E-state index contributed by atoms with van der Waals surface area (Å²) in [6, 6.07) is 11.6. The van der Waals surface area contributed by atoms with E-state index >= 15 is 0 Å². The van der Waals surface area contributed by atoms with Gasteiger partial charge in [-0.15, -0.1) is 0 Å². The van der Waals surface area contributed by atoms with Gasteiger partial charge in [-0.05, 0) is 18.2 Å². The van der Waals surface area contributed by atoms with Gasteiger partial charge in [-0.1, -0.05) is 18.2 Å². The molecule has 6 heteroatoms. The molecule has 1 saturated heterocycles. The zero-order chi connectivity index (χ0) is 15.6. The molecule has 0 spiro atoms. The lowest BCUT2D eigenvalue weighted by Gasteiger charge is -2.33. The molecular formula is C17H18N4O2. The highest BCUT2D eigenvalue weighted by atomic mass is 16.3. The quantitative estimate of drug-likeness (QED) is 0.805. The highest BCUT2D eigenvalue weighted by molar-refractivity contribution is 6.04. The highest BCUT2D eigenvalue weighted by Gasteiger charge is 2.25. The molecule has 0 unspecified atom stereocenters. The molecule has 0 atom stereocenters. The van der Waals surface area contributed by atoms with Crippen LogP contribution in [0.1, 0.15) is 16.2 Å². The number of carbonyl (C=O) groups excluding carboxylic acids is 1. The van der Waals surface area contributed by atoms with E-state index in [1.807, 2.05) is 41.3 Å². The molecule has 0 bridgehead atoms. The van der Waals surface area contributed by atoms with Crippen LogP contribution in [0, 0.1) is 0 Å². The summed E-state index contributed by atoms with van der Waals surface area (Å²) in [6.07, 6.45) is 1.69. The first-order chi connectivity index (χ1) is 11.3. The van der Waals surface area contributed by atoms with Crippen molar-refractivity contribution in [1.82, 2.24) is 20.0 Å². The normalized spacial score (nSPS) is 16.1. The zero-order valence-corrected chi connectivity index (χ0v) is 12.7. The zero-order valence-electron chi connectivity index (χ0n) is 12.7. The Hall–Kier alpha value is -2.60. The van der Waals surface area contributed by atoms with E-state index < -0.39 is 0 Å². The average Bonchev–Trinajstić information content (AvgIpc) is 3.24. The van der Waals surface area contributed by atoms with Crippen LogP contribution in [0.25, 0.3) is 10.9 Å². The standard InChI is InChI=1S/C17H18N4O2/c22-17(16-14-5-1-2-6-15(14)18-19-16)21-9-7-20(8-10-21)12-13-4-3-11-23-13/h1-6,11H,7-10,12H2,(H,18,19). The molecule has 1 aliphatic rings. The topological polar surface area (TPSA) is 65.4 Å². The van der Waals surface area contributed by atoms with Gasteiger partial charge >= 0.3 is 0 Å². The number of para-hydroxylation sites is 1. The van der Waals surface area contributed by atoms with Crippen molar-refractivity contribution >= 4 is 16.8 Å². The number of hydrogen-bond acceptors (Lipinski definition) is 4. The molecule has 23 heavy (non-hydrogen) atoms. The lowest BCUT2D eigenvalue weighted by Crippen LogP contribution is -2.48. The van der Waals surface area contributed by atoms with Crippen molar-refractivity contribution in [3.05, 3.63) is 54.1 Å². The minimum absolute atomic E-state index is 0.0000913. The number of aromatic amines is 1. The summed E-state index contributed by atoms with van der Waals surface area (Å²) < 4.78 is 5.38. The van der Waals surface area contributed by atoms with Gasteiger partial charge in [0.1, 0.15) is 5.76 Å². The Bertz CT molecular complexity index is 801. The Kier molecular flexibility index (Phi) is 3.59. The molecule has 0 radical (unpaired) electrons. The largest absolute Gasteiger partial charge is 0.468 e. The van der Waals surface area contributed by atoms with Crippen molar-refractivity contribution < 1.29 is 9.21 Å². The van der Waals surface area contributed by atoms with Gasteiger partial charge in [0.2, 0.25) is 0 Å². The van der Waals surface area contributed by atoms with Crippen LogP contribution < -0.4 is 0 Å². The van der Waals surface area contributed by atoms with Crippen LogP contribution in [0.2, 0.25) is 0 Å². The third kappa shape index (κ3) is 2.73. The van der Waals surface area contributed by atoms with Crippen molar-refractivity contribution in [1.29, 1.82) is 0 Å². The first-order valence-corrected chi connectivity index (χ1v) is 7.78. The number of H-pyrrole nitrogens is 1. The number of piperazine rings is 1. The van der Waals surface area contributed by atoms with Gasteiger partial charge in [-0.25, -0.2) is 0 Å². The Morgan fingerprint density at radius 2 is 1.96 bits per heavy atom. The molecule has 3 heterocycles. The molecule has 118 valence electrons. The van der Waals surface area contributed by atoms with Gasteiger partial charge in [-0.3, -0.25) is 14.8 Å². The molecule has 1 aliphatic heterocycles. The number of carbonyl (C=O) groups is 1. The van der Waals surface area contributed by atoms with E-state index in [0.717, 1.165) is 36.3 Å². The predicted molar refractivity (Wildman–Crippen MR) is 86.0 cm³/mol. The first kappa shape index (κ1) is 14.0. The summed E-state index contributed by atoms with van der Waals surface area (Å²) in [5, 5.41) is 8.02. The predicted octanol–water partition coefficient (Wildman–Crippen LogP) is 2.11. The molecule has 1 N–H and O–H groups in total. The number of nitrogens with zero attached hydrogens (tertiary/aromatic N) is 3. The Labute approximate surface area is 133 Å². The van der Waals surface area contributed by atoms with Crippen LogP contribution in [0.5, 0.6) is 0 Å². The second kappa shape index (κ2) is 5.89. The van der Waals surface area contributed by atoms with Gasteiger partial charge in [0.05, 0.1) is 18.3 Å². The third-order valence-corrected chi connectivity index (χ3v) is 4.29. The summed E-state index contributed by atoms with van der Waals surface area (Å²) in [4.78, 5) is 16.9. The molecule has 1 fully saturated rings. The molecule has 0 saturated carbocycles. The van der Waals surface area contributed by atoms with E-state index in [-0.39, 0.29) is 5.91 Å². The maximum absolute atomic E-state index is 12.7. The number of rotatable bonds is 3. The fourth-order valence-corrected chi connectivity index (χ4v) is 3.01. The lowest BCUT2D eigenvalue weighted by molar-refractivity contribution is 0.0616. The molecular weight excluding hydrogens is 292 g/mol. The van der Waals surface area contributed by atoms with Crippen LogP contribution in [0.4, 0.5) is 0 Å². The number of furan rings is 1. The summed E-state index contributed by atoms with van der Waals surface area (Å²) in [5.41, 5.74) is 1.41. The number of aromatic nitrogens is 2. The maximum atomic E-state index is 12.7. The number of amides is 1. The smallest absolute Gasteiger partial charge is 0.275 e. The van der Waals surface area contributed by atoms with Crippen molar-refractivity contribution in [2.75, 3.05) is 26.2 Å². The highest BCUT2D eigenvalue weighted by Crippen LogP contribution is 2.18. The lowest BCUT2D eigenvalue weighted by atomic mass is 10.2. The van der Waals surface area contributed by atoms with Gasteiger partial charge in [0.15, 0.2) is 5.69 Å². The van der Waals surface area contributed by atoms with Crippen molar-refractivity contribution in [2.24, 2.45) is 0 Å². The van der Waals surface area contributed by atoms with E-state index in [1.165, 1.54) is 0 Å². The van der Waals surface area contributed by atoms with Crippen LogP contribution in [0.3, 0.4) is 0 Å². The summed E-state index contributed by atoms with van der Waals surface area (Å²) in [5.74, 6) is 0.961. The summed E-state index contributed by atoms with van der Waals surface area (Å²) in [6.45, 7) is 3.89. The van der Waals surface area contributed by atoms with Crippen molar-refractivity contribution in [3.63, 3.8) is 0 Å². The van der Waals surface area contributed by atoms with Crippen LogP contribution >= 0.6 is 0 Å². The molecule has 6 nitrogen and oxygen atoms in total. The van der Waals surface area contributed by atoms with Crippen LogP contribution in [-0.4, -0.2) is 52.1 Å². The Morgan fingerprint density at radius 1 is 1.13 bits per heavy atom. The van der Waals surface area contributed by atoms with Gasteiger partial charge in [0, 0.05) is 31.6 Å². The number of fused-ring (bicyclic) bond motifs is 1. The minimum Gasteiger partial charge on any atom is -0.468 e. The molecule has 2 aromatic heterocycles. The monoisotopic (exact) mass is 310 g/mol. The fraction of sp³-hybridized carbons (Fsp3) is 0.294. The Morgan fingerprint density at radius 3 is 2.74 bits per heavy atom. The second-order valence-electron chi connectivity index (χ2n) is 5.77.